The van der Waals surface area contributed by atoms with Crippen molar-refractivity contribution >= 4 is 40.5 Å². The van der Waals surface area contributed by atoms with Gasteiger partial charge in [0.2, 0.25) is 0 Å². The highest BCUT2D eigenvalue weighted by molar-refractivity contribution is 6.35. The highest BCUT2D eigenvalue weighted by Gasteiger charge is 2.18. The van der Waals surface area contributed by atoms with Gasteiger partial charge in [-0.3, -0.25) is 9.78 Å². The Morgan fingerprint density at radius 1 is 1.03 bits per heavy atom. The number of nitrogens with two attached hydrogens (primary N) is 1. The minimum Gasteiger partial charge on any atom is -0.397 e. The SMILES string of the molecule is Nc1cnccc1-c1cc(Cl)c(C(=O)Nc2cnc(-n3nccn3)c(Cl)c2)cc1F. The Morgan fingerprint density at radius 2 is 1.80 bits per heavy atom. The zero-order valence-corrected chi connectivity index (χ0v) is 16.6. The molecule has 0 aliphatic rings. The zero-order valence-electron chi connectivity index (χ0n) is 15.1. The summed E-state index contributed by atoms with van der Waals surface area (Å²) in [7, 11) is 0. The van der Waals surface area contributed by atoms with E-state index >= 15 is 0 Å². The number of anilines is 2. The van der Waals surface area contributed by atoms with Gasteiger partial charge in [-0.2, -0.15) is 10.2 Å². The number of benzene rings is 1. The summed E-state index contributed by atoms with van der Waals surface area (Å²) < 4.78 is 14.7. The monoisotopic (exact) mass is 443 g/mol. The molecule has 0 spiro atoms. The van der Waals surface area contributed by atoms with Crippen LogP contribution in [-0.4, -0.2) is 30.9 Å². The zero-order chi connectivity index (χ0) is 21.3. The van der Waals surface area contributed by atoms with Crippen LogP contribution in [0.5, 0.6) is 0 Å². The van der Waals surface area contributed by atoms with Crippen LogP contribution >= 0.6 is 23.2 Å². The molecular formula is C19H12Cl2FN7O. The van der Waals surface area contributed by atoms with Gasteiger partial charge in [0, 0.05) is 17.3 Å². The number of carbonyl (C=O) groups excluding carboxylic acids is 1. The highest BCUT2D eigenvalue weighted by atomic mass is 35.5. The minimum atomic E-state index is -0.654. The third kappa shape index (κ3) is 3.80. The Hall–Kier alpha value is -3.56. The number of halogens is 3. The topological polar surface area (TPSA) is 112 Å². The lowest BCUT2D eigenvalue weighted by Crippen LogP contribution is -2.14. The van der Waals surface area contributed by atoms with E-state index in [1.165, 1.54) is 47.9 Å². The molecule has 150 valence electrons. The van der Waals surface area contributed by atoms with Gasteiger partial charge in [0.15, 0.2) is 5.82 Å². The molecule has 3 aromatic heterocycles. The van der Waals surface area contributed by atoms with E-state index in [1.54, 1.807) is 6.07 Å². The quantitative estimate of drug-likeness (QED) is 0.492. The number of amides is 1. The summed E-state index contributed by atoms with van der Waals surface area (Å²) in [4.78, 5) is 21.9. The smallest absolute Gasteiger partial charge is 0.257 e. The molecule has 30 heavy (non-hydrogen) atoms. The van der Waals surface area contributed by atoms with Crippen molar-refractivity contribution in [3.63, 3.8) is 0 Å². The first kappa shape index (κ1) is 19.7. The first-order valence-corrected chi connectivity index (χ1v) is 9.22. The van der Waals surface area contributed by atoms with Crippen molar-refractivity contribution in [2.24, 2.45) is 0 Å². The van der Waals surface area contributed by atoms with E-state index in [0.29, 0.717) is 17.1 Å². The van der Waals surface area contributed by atoms with Crippen molar-refractivity contribution in [3.05, 3.63) is 76.7 Å². The van der Waals surface area contributed by atoms with Crippen LogP contribution in [0, 0.1) is 5.82 Å². The fourth-order valence-electron chi connectivity index (χ4n) is 2.75. The van der Waals surface area contributed by atoms with Crippen molar-refractivity contribution in [3.8, 4) is 16.9 Å². The lowest BCUT2D eigenvalue weighted by Gasteiger charge is -2.11. The van der Waals surface area contributed by atoms with Gasteiger partial charge in [-0.25, -0.2) is 9.37 Å². The molecule has 3 N–H and O–H groups in total. The third-order valence-electron chi connectivity index (χ3n) is 4.13. The summed E-state index contributed by atoms with van der Waals surface area (Å²) in [6, 6.07) is 5.42. The number of pyridine rings is 2. The molecule has 0 aliphatic carbocycles. The molecule has 1 aromatic carbocycles. The van der Waals surface area contributed by atoms with Crippen LogP contribution < -0.4 is 11.1 Å². The van der Waals surface area contributed by atoms with Crippen LogP contribution in [0.1, 0.15) is 10.4 Å². The van der Waals surface area contributed by atoms with Crippen LogP contribution in [0.2, 0.25) is 10.0 Å². The largest absolute Gasteiger partial charge is 0.397 e. The maximum Gasteiger partial charge on any atom is 0.257 e. The summed E-state index contributed by atoms with van der Waals surface area (Å²) in [5.74, 6) is -0.988. The average Bonchev–Trinajstić information content (AvgIpc) is 3.24. The Kier molecular flexibility index (Phi) is 5.30. The standard InChI is InChI=1S/C19H12Cl2FN7O/c20-14-6-12(11-1-2-24-9-17(11)23)16(22)7-13(14)19(30)28-10-5-15(21)18(25-8-10)29-26-3-4-27-29/h1-9H,23H2,(H,28,30). The highest BCUT2D eigenvalue weighted by Crippen LogP contribution is 2.32. The van der Waals surface area contributed by atoms with Gasteiger partial charge in [0.1, 0.15) is 5.82 Å². The fraction of sp³-hybridized carbons (Fsp3) is 0. The molecule has 0 saturated heterocycles. The second-order valence-electron chi connectivity index (χ2n) is 6.08. The predicted octanol–water partition coefficient (Wildman–Crippen LogP) is 4.00. The Morgan fingerprint density at radius 3 is 2.50 bits per heavy atom. The average molecular weight is 444 g/mol. The molecule has 11 heteroatoms. The normalized spacial score (nSPS) is 10.8. The fourth-order valence-corrected chi connectivity index (χ4v) is 3.24. The number of hydrogen-bond donors (Lipinski definition) is 2. The first-order chi connectivity index (χ1) is 14.4. The molecule has 0 unspecified atom stereocenters. The van der Waals surface area contributed by atoms with Crippen molar-refractivity contribution in [1.82, 2.24) is 25.0 Å². The summed E-state index contributed by atoms with van der Waals surface area (Å²) in [5, 5.41) is 10.7. The second kappa shape index (κ2) is 8.05. The predicted molar refractivity (Wildman–Crippen MR) is 111 cm³/mol. The van der Waals surface area contributed by atoms with Crippen LogP contribution in [0.15, 0.2) is 55.2 Å². The number of rotatable bonds is 4. The third-order valence-corrected chi connectivity index (χ3v) is 4.72. The molecule has 4 aromatic rings. The molecule has 0 fully saturated rings. The molecule has 0 bridgehead atoms. The minimum absolute atomic E-state index is 0.0523. The van der Waals surface area contributed by atoms with E-state index < -0.39 is 11.7 Å². The first-order valence-electron chi connectivity index (χ1n) is 8.46. The van der Waals surface area contributed by atoms with Crippen molar-refractivity contribution in [2.75, 3.05) is 11.1 Å². The van der Waals surface area contributed by atoms with Gasteiger partial charge >= 0.3 is 0 Å². The second-order valence-corrected chi connectivity index (χ2v) is 6.89. The molecule has 1 amide bonds. The van der Waals surface area contributed by atoms with Gasteiger partial charge in [0.05, 0.1) is 51.8 Å². The van der Waals surface area contributed by atoms with Crippen molar-refractivity contribution < 1.29 is 9.18 Å². The molecule has 4 rings (SSSR count). The molecule has 0 atom stereocenters. The number of nitrogens with one attached hydrogen (secondary N) is 1. The van der Waals surface area contributed by atoms with Gasteiger partial charge in [-0.1, -0.05) is 23.2 Å². The number of hydrogen-bond acceptors (Lipinski definition) is 6. The van der Waals surface area contributed by atoms with Crippen LogP contribution in [-0.2, 0) is 0 Å². The molecule has 3 heterocycles. The van der Waals surface area contributed by atoms with E-state index in [1.807, 2.05) is 0 Å². The van der Waals surface area contributed by atoms with Crippen LogP contribution in [0.25, 0.3) is 16.9 Å². The lowest BCUT2D eigenvalue weighted by molar-refractivity contribution is 0.102. The van der Waals surface area contributed by atoms with E-state index in [2.05, 4.69) is 25.5 Å². The van der Waals surface area contributed by atoms with E-state index in [-0.39, 0.29) is 26.9 Å². The number of carbonyl (C=O) groups is 1. The molecule has 0 saturated carbocycles. The van der Waals surface area contributed by atoms with Crippen molar-refractivity contribution in [1.29, 1.82) is 0 Å². The maximum absolute atomic E-state index is 14.7. The summed E-state index contributed by atoms with van der Waals surface area (Å²) in [5.41, 5.74) is 6.97. The van der Waals surface area contributed by atoms with Crippen LogP contribution in [0.4, 0.5) is 15.8 Å². The van der Waals surface area contributed by atoms with E-state index in [0.717, 1.165) is 6.07 Å². The van der Waals surface area contributed by atoms with Gasteiger partial charge < -0.3 is 11.1 Å². The number of nitrogens with zero attached hydrogens (tertiary/aromatic N) is 5. The lowest BCUT2D eigenvalue weighted by atomic mass is 10.0. The molecule has 0 aliphatic heterocycles. The van der Waals surface area contributed by atoms with Gasteiger partial charge in [-0.05, 0) is 24.3 Å². The number of aromatic nitrogens is 5. The van der Waals surface area contributed by atoms with Crippen molar-refractivity contribution in [2.45, 2.75) is 0 Å². The van der Waals surface area contributed by atoms with E-state index in [9.17, 15) is 9.18 Å². The summed E-state index contributed by atoms with van der Waals surface area (Å²) >= 11 is 12.4. The molecular weight excluding hydrogens is 432 g/mol. The Balaban J connectivity index is 1.60. The van der Waals surface area contributed by atoms with Crippen LogP contribution in [0.3, 0.4) is 0 Å². The molecule has 8 nitrogen and oxygen atoms in total. The summed E-state index contributed by atoms with van der Waals surface area (Å²) in [6.45, 7) is 0. The van der Waals surface area contributed by atoms with Gasteiger partial charge in [0.25, 0.3) is 5.91 Å². The Bertz CT molecular complexity index is 1250. The Labute approximate surface area is 179 Å². The summed E-state index contributed by atoms with van der Waals surface area (Å²) in [6.07, 6.45) is 7.22. The molecule has 0 radical (unpaired) electrons. The number of nitrogen functional groups attached to an aromatic ring is 1. The maximum atomic E-state index is 14.7. The van der Waals surface area contributed by atoms with E-state index in [4.69, 9.17) is 28.9 Å². The van der Waals surface area contributed by atoms with Gasteiger partial charge in [-0.15, -0.1) is 4.80 Å².